The number of piperidine rings is 1. The second kappa shape index (κ2) is 8.69. The summed E-state index contributed by atoms with van der Waals surface area (Å²) in [6, 6.07) is 13.5. The Hall–Kier alpha value is -2.80. The molecule has 1 amide bonds. The monoisotopic (exact) mass is 400 g/mol. The van der Waals surface area contributed by atoms with Crippen LogP contribution in [0.15, 0.2) is 48.5 Å². The second-order valence-electron chi connectivity index (χ2n) is 7.39. The Kier molecular flexibility index (Phi) is 5.85. The van der Waals surface area contributed by atoms with Gasteiger partial charge in [-0.2, -0.15) is 0 Å². The lowest BCUT2D eigenvalue weighted by atomic mass is 10.1. The van der Waals surface area contributed by atoms with Gasteiger partial charge in [-0.3, -0.25) is 9.80 Å². The van der Waals surface area contributed by atoms with Gasteiger partial charge in [0, 0.05) is 25.3 Å². The van der Waals surface area contributed by atoms with E-state index in [0.717, 1.165) is 37.4 Å². The van der Waals surface area contributed by atoms with Gasteiger partial charge in [0.05, 0.1) is 13.7 Å². The molecule has 154 valence electrons. The third kappa shape index (κ3) is 4.79. The first kappa shape index (κ1) is 19.5. The Morgan fingerprint density at radius 3 is 2.34 bits per heavy atom. The molecule has 0 aromatic heterocycles. The molecule has 2 fully saturated rings. The van der Waals surface area contributed by atoms with Gasteiger partial charge in [-0.15, -0.1) is 0 Å². The van der Waals surface area contributed by atoms with Crippen molar-refractivity contribution in [3.05, 3.63) is 54.3 Å². The van der Waals surface area contributed by atoms with Crippen LogP contribution < -0.4 is 14.4 Å². The number of cyclic esters (lactones) is 1. The van der Waals surface area contributed by atoms with Crippen LogP contribution in [0.2, 0.25) is 0 Å². The molecule has 0 N–H and O–H groups in total. The number of carbonyl (C=O) groups excluding carboxylic acids is 1. The van der Waals surface area contributed by atoms with Crippen LogP contribution in [0.1, 0.15) is 12.8 Å². The van der Waals surface area contributed by atoms with Gasteiger partial charge in [0.15, 0.2) is 0 Å². The number of rotatable bonds is 6. The Bertz CT molecular complexity index is 820. The van der Waals surface area contributed by atoms with E-state index in [9.17, 15) is 9.18 Å². The highest BCUT2D eigenvalue weighted by Gasteiger charge is 2.34. The SMILES string of the molecule is COc1ccc(N2C[C@H](CN3CCC(Oc4ccc(F)cc4)CC3)OC2=O)cc1. The molecule has 29 heavy (non-hydrogen) atoms. The predicted octanol–water partition coefficient (Wildman–Crippen LogP) is 3.70. The molecular weight excluding hydrogens is 375 g/mol. The molecule has 4 rings (SSSR count). The third-order valence-corrected chi connectivity index (χ3v) is 5.37. The zero-order valence-electron chi connectivity index (χ0n) is 16.4. The molecule has 2 heterocycles. The number of benzene rings is 2. The molecule has 0 saturated carbocycles. The van der Waals surface area contributed by atoms with Crippen molar-refractivity contribution in [2.24, 2.45) is 0 Å². The molecule has 7 heteroatoms. The molecule has 0 radical (unpaired) electrons. The minimum Gasteiger partial charge on any atom is -0.497 e. The fourth-order valence-electron chi connectivity index (χ4n) is 3.79. The number of hydrogen-bond donors (Lipinski definition) is 0. The van der Waals surface area contributed by atoms with Crippen LogP contribution in [0.5, 0.6) is 11.5 Å². The molecule has 2 aliphatic rings. The Labute approximate surface area is 169 Å². The van der Waals surface area contributed by atoms with E-state index in [1.54, 1.807) is 24.1 Å². The first-order valence-corrected chi connectivity index (χ1v) is 9.87. The quantitative estimate of drug-likeness (QED) is 0.740. The zero-order valence-corrected chi connectivity index (χ0v) is 16.4. The molecule has 2 aromatic carbocycles. The number of methoxy groups -OCH3 is 1. The summed E-state index contributed by atoms with van der Waals surface area (Å²) in [6.07, 6.45) is 1.44. The Balaban J connectivity index is 1.25. The summed E-state index contributed by atoms with van der Waals surface area (Å²) in [6.45, 7) is 3.00. The van der Waals surface area contributed by atoms with Crippen LogP contribution in [0.4, 0.5) is 14.9 Å². The largest absolute Gasteiger partial charge is 0.497 e. The summed E-state index contributed by atoms with van der Waals surface area (Å²) in [5.74, 6) is 1.19. The number of hydrogen-bond acceptors (Lipinski definition) is 5. The molecule has 6 nitrogen and oxygen atoms in total. The van der Waals surface area contributed by atoms with Crippen molar-refractivity contribution in [2.45, 2.75) is 25.0 Å². The van der Waals surface area contributed by atoms with E-state index in [1.165, 1.54) is 12.1 Å². The van der Waals surface area contributed by atoms with Crippen LogP contribution in [-0.2, 0) is 4.74 Å². The molecule has 0 unspecified atom stereocenters. The normalized spacial score (nSPS) is 20.6. The van der Waals surface area contributed by atoms with Crippen molar-refractivity contribution >= 4 is 11.8 Å². The summed E-state index contributed by atoms with van der Waals surface area (Å²) in [7, 11) is 1.61. The highest BCUT2D eigenvalue weighted by molar-refractivity contribution is 5.89. The molecule has 2 aromatic rings. The third-order valence-electron chi connectivity index (χ3n) is 5.37. The molecule has 0 spiro atoms. The van der Waals surface area contributed by atoms with E-state index < -0.39 is 0 Å². The number of likely N-dealkylation sites (tertiary alicyclic amines) is 1. The minimum absolute atomic E-state index is 0.124. The van der Waals surface area contributed by atoms with Crippen molar-refractivity contribution in [2.75, 3.05) is 38.2 Å². The number of anilines is 1. The van der Waals surface area contributed by atoms with Crippen LogP contribution in [0.3, 0.4) is 0 Å². The van der Waals surface area contributed by atoms with Gasteiger partial charge in [0.25, 0.3) is 0 Å². The number of ether oxygens (including phenoxy) is 3. The first-order chi connectivity index (χ1) is 14.1. The smallest absolute Gasteiger partial charge is 0.414 e. The standard InChI is InChI=1S/C22H25FN2O4/c1-27-18-8-4-17(5-9-18)25-15-21(29-22(25)26)14-24-12-10-20(11-13-24)28-19-6-2-16(23)3-7-19/h2-9,20-21H,10-15H2,1H3/t21-/m0/s1. The van der Waals surface area contributed by atoms with Crippen LogP contribution in [0.25, 0.3) is 0 Å². The maximum atomic E-state index is 13.0. The molecule has 0 bridgehead atoms. The molecule has 2 aliphatic heterocycles. The van der Waals surface area contributed by atoms with Crippen molar-refractivity contribution in [3.63, 3.8) is 0 Å². The summed E-state index contributed by atoms with van der Waals surface area (Å²) in [4.78, 5) is 16.2. The number of nitrogens with zero attached hydrogens (tertiary/aromatic N) is 2. The van der Waals surface area contributed by atoms with E-state index >= 15 is 0 Å². The maximum Gasteiger partial charge on any atom is 0.414 e. The average Bonchev–Trinajstić information content (AvgIpc) is 3.11. The highest BCUT2D eigenvalue weighted by Crippen LogP contribution is 2.25. The Morgan fingerprint density at radius 1 is 1.03 bits per heavy atom. The van der Waals surface area contributed by atoms with Crippen LogP contribution in [-0.4, -0.2) is 56.5 Å². The summed E-state index contributed by atoms with van der Waals surface area (Å²) >= 11 is 0. The van der Waals surface area contributed by atoms with Crippen LogP contribution in [0, 0.1) is 5.82 Å². The van der Waals surface area contributed by atoms with E-state index in [1.807, 2.05) is 24.3 Å². The average molecular weight is 400 g/mol. The fourth-order valence-corrected chi connectivity index (χ4v) is 3.79. The van der Waals surface area contributed by atoms with Gasteiger partial charge in [-0.25, -0.2) is 9.18 Å². The molecule has 0 aliphatic carbocycles. The van der Waals surface area contributed by atoms with Gasteiger partial charge in [0.2, 0.25) is 0 Å². The van der Waals surface area contributed by atoms with Gasteiger partial charge >= 0.3 is 6.09 Å². The number of carbonyl (C=O) groups is 1. The zero-order chi connectivity index (χ0) is 20.2. The summed E-state index contributed by atoms with van der Waals surface area (Å²) < 4.78 is 29.7. The molecule has 1 atom stereocenters. The van der Waals surface area contributed by atoms with E-state index in [2.05, 4.69) is 4.90 Å². The van der Waals surface area contributed by atoms with E-state index in [-0.39, 0.29) is 24.1 Å². The maximum absolute atomic E-state index is 13.0. The van der Waals surface area contributed by atoms with E-state index in [0.29, 0.717) is 18.8 Å². The summed E-state index contributed by atoms with van der Waals surface area (Å²) in [5.41, 5.74) is 0.810. The topological polar surface area (TPSA) is 51.2 Å². The minimum atomic E-state index is -0.310. The molecular formula is C22H25FN2O4. The lowest BCUT2D eigenvalue weighted by Crippen LogP contribution is -2.42. The second-order valence-corrected chi connectivity index (χ2v) is 7.39. The molecule has 2 saturated heterocycles. The van der Waals surface area contributed by atoms with Gasteiger partial charge in [-0.1, -0.05) is 0 Å². The highest BCUT2D eigenvalue weighted by atomic mass is 19.1. The van der Waals surface area contributed by atoms with E-state index in [4.69, 9.17) is 14.2 Å². The first-order valence-electron chi connectivity index (χ1n) is 9.87. The van der Waals surface area contributed by atoms with Gasteiger partial charge < -0.3 is 14.2 Å². The van der Waals surface area contributed by atoms with Crippen molar-refractivity contribution in [1.29, 1.82) is 0 Å². The fraction of sp³-hybridized carbons (Fsp3) is 0.409. The summed E-state index contributed by atoms with van der Waals surface area (Å²) in [5, 5.41) is 0. The van der Waals surface area contributed by atoms with Crippen molar-refractivity contribution in [1.82, 2.24) is 4.90 Å². The van der Waals surface area contributed by atoms with Crippen molar-refractivity contribution < 1.29 is 23.4 Å². The lowest BCUT2D eigenvalue weighted by Gasteiger charge is -2.33. The number of amides is 1. The van der Waals surface area contributed by atoms with Gasteiger partial charge in [-0.05, 0) is 61.4 Å². The van der Waals surface area contributed by atoms with Crippen molar-refractivity contribution in [3.8, 4) is 11.5 Å². The van der Waals surface area contributed by atoms with Gasteiger partial charge in [0.1, 0.15) is 29.5 Å². The van der Waals surface area contributed by atoms with Crippen LogP contribution >= 0.6 is 0 Å². The lowest BCUT2D eigenvalue weighted by molar-refractivity contribution is 0.0655. The Morgan fingerprint density at radius 2 is 1.69 bits per heavy atom. The number of halogens is 1. The predicted molar refractivity (Wildman–Crippen MR) is 107 cm³/mol.